The summed E-state index contributed by atoms with van der Waals surface area (Å²) in [5.74, 6) is -0.141. The zero-order valence-electron chi connectivity index (χ0n) is 12.7. The molecule has 0 aromatic heterocycles. The minimum atomic E-state index is -0.766. The Morgan fingerprint density at radius 3 is 2.57 bits per heavy atom. The summed E-state index contributed by atoms with van der Waals surface area (Å²) < 4.78 is 5.46. The highest BCUT2D eigenvalue weighted by Crippen LogP contribution is 2.23. The van der Waals surface area contributed by atoms with E-state index < -0.39 is 11.7 Å². The Balaban J connectivity index is 1.92. The number of aliphatic hydroxyl groups is 1. The van der Waals surface area contributed by atoms with Crippen LogP contribution in [0.3, 0.4) is 0 Å². The molecule has 0 saturated carbocycles. The first kappa shape index (κ1) is 15.9. The molecular formula is C16H24N2O3. The normalized spacial score (nSPS) is 19.0. The maximum absolute atomic E-state index is 12.4. The van der Waals surface area contributed by atoms with Crippen LogP contribution < -0.4 is 10.6 Å². The van der Waals surface area contributed by atoms with E-state index in [1.54, 1.807) is 7.11 Å². The topological polar surface area (TPSA) is 70.6 Å². The van der Waals surface area contributed by atoms with E-state index in [1.807, 2.05) is 31.2 Å². The summed E-state index contributed by atoms with van der Waals surface area (Å²) in [6.07, 6.45) is 0.594. The SMILES string of the molecule is COC1(C(=O)NCC(O)c2ccc(C)cc2)CCNCC1. The van der Waals surface area contributed by atoms with Gasteiger partial charge in [-0.05, 0) is 38.4 Å². The van der Waals surface area contributed by atoms with Crippen LogP contribution in [0.1, 0.15) is 30.1 Å². The summed E-state index contributed by atoms with van der Waals surface area (Å²) >= 11 is 0. The number of hydrogen-bond acceptors (Lipinski definition) is 4. The Hall–Kier alpha value is -1.43. The minimum absolute atomic E-state index is 0.141. The number of methoxy groups -OCH3 is 1. The van der Waals surface area contributed by atoms with E-state index in [9.17, 15) is 9.90 Å². The quantitative estimate of drug-likeness (QED) is 0.754. The maximum Gasteiger partial charge on any atom is 0.252 e. The van der Waals surface area contributed by atoms with Gasteiger partial charge in [0.05, 0.1) is 6.10 Å². The molecule has 2 rings (SSSR count). The number of piperidine rings is 1. The second kappa shape index (κ2) is 7.02. The number of aryl methyl sites for hydroxylation is 1. The average Bonchev–Trinajstić information content (AvgIpc) is 2.53. The number of ether oxygens (including phenoxy) is 1. The Morgan fingerprint density at radius 1 is 1.38 bits per heavy atom. The van der Waals surface area contributed by atoms with Gasteiger partial charge in [-0.3, -0.25) is 4.79 Å². The van der Waals surface area contributed by atoms with E-state index in [2.05, 4.69) is 10.6 Å². The number of hydrogen-bond donors (Lipinski definition) is 3. The highest BCUT2D eigenvalue weighted by Gasteiger charge is 2.39. The standard InChI is InChI=1S/C16H24N2O3/c1-12-3-5-13(6-4-12)14(19)11-18-15(20)16(21-2)7-9-17-10-8-16/h3-6,14,17,19H,7-11H2,1-2H3,(H,18,20). The van der Waals surface area contributed by atoms with Gasteiger partial charge in [0.25, 0.3) is 5.91 Å². The molecule has 0 aliphatic carbocycles. The number of carbonyl (C=O) groups is 1. The van der Waals surface area contributed by atoms with E-state index in [0.29, 0.717) is 12.8 Å². The van der Waals surface area contributed by atoms with Crippen molar-refractivity contribution in [2.45, 2.75) is 31.5 Å². The number of amides is 1. The summed E-state index contributed by atoms with van der Waals surface area (Å²) in [5, 5.41) is 16.2. The third-order valence-corrected chi connectivity index (χ3v) is 4.13. The summed E-state index contributed by atoms with van der Waals surface area (Å²) in [7, 11) is 1.57. The molecule has 1 aliphatic rings. The van der Waals surface area contributed by atoms with Crippen molar-refractivity contribution in [1.82, 2.24) is 10.6 Å². The lowest BCUT2D eigenvalue weighted by Gasteiger charge is -2.35. The van der Waals surface area contributed by atoms with Crippen LogP contribution in [0.25, 0.3) is 0 Å². The predicted octanol–water partition coefficient (Wildman–Crippen LogP) is 0.913. The molecule has 1 atom stereocenters. The van der Waals surface area contributed by atoms with E-state index in [0.717, 1.165) is 24.2 Å². The Bertz CT molecular complexity index is 467. The van der Waals surface area contributed by atoms with Crippen LogP contribution in [-0.2, 0) is 9.53 Å². The van der Waals surface area contributed by atoms with Gasteiger partial charge in [-0.2, -0.15) is 0 Å². The molecule has 1 heterocycles. The van der Waals surface area contributed by atoms with Crippen molar-refractivity contribution >= 4 is 5.91 Å². The predicted molar refractivity (Wildman–Crippen MR) is 81.0 cm³/mol. The van der Waals surface area contributed by atoms with Crippen molar-refractivity contribution < 1.29 is 14.6 Å². The molecule has 1 fully saturated rings. The Kier molecular flexibility index (Phi) is 5.33. The maximum atomic E-state index is 12.4. The van der Waals surface area contributed by atoms with Crippen molar-refractivity contribution in [3.05, 3.63) is 35.4 Å². The first-order chi connectivity index (χ1) is 10.1. The van der Waals surface area contributed by atoms with Gasteiger partial charge < -0.3 is 20.5 Å². The summed E-state index contributed by atoms with van der Waals surface area (Å²) in [6.45, 7) is 3.72. The van der Waals surface area contributed by atoms with Gasteiger partial charge in [0.2, 0.25) is 0 Å². The monoisotopic (exact) mass is 292 g/mol. The van der Waals surface area contributed by atoms with Crippen molar-refractivity contribution in [1.29, 1.82) is 0 Å². The molecule has 21 heavy (non-hydrogen) atoms. The molecule has 0 bridgehead atoms. The van der Waals surface area contributed by atoms with Gasteiger partial charge in [-0.15, -0.1) is 0 Å². The molecule has 1 amide bonds. The zero-order chi connectivity index (χ0) is 15.3. The molecular weight excluding hydrogens is 268 g/mol. The van der Waals surface area contributed by atoms with Gasteiger partial charge in [-0.25, -0.2) is 0 Å². The first-order valence-electron chi connectivity index (χ1n) is 7.36. The van der Waals surface area contributed by atoms with Crippen LogP contribution >= 0.6 is 0 Å². The fraction of sp³-hybridized carbons (Fsp3) is 0.562. The van der Waals surface area contributed by atoms with Crippen LogP contribution in [0.15, 0.2) is 24.3 Å². The van der Waals surface area contributed by atoms with Crippen molar-refractivity contribution in [3.63, 3.8) is 0 Å². The second-order valence-electron chi connectivity index (χ2n) is 5.58. The molecule has 1 aromatic rings. The largest absolute Gasteiger partial charge is 0.387 e. The summed E-state index contributed by atoms with van der Waals surface area (Å²) in [5.41, 5.74) is 1.18. The van der Waals surface area contributed by atoms with Crippen molar-refractivity contribution in [2.24, 2.45) is 0 Å². The van der Waals surface area contributed by atoms with Gasteiger partial charge in [0.1, 0.15) is 5.60 Å². The van der Waals surface area contributed by atoms with Gasteiger partial charge in [-0.1, -0.05) is 29.8 Å². The molecule has 1 unspecified atom stereocenters. The number of nitrogens with one attached hydrogen (secondary N) is 2. The fourth-order valence-electron chi connectivity index (χ4n) is 2.61. The zero-order valence-corrected chi connectivity index (χ0v) is 12.7. The first-order valence-corrected chi connectivity index (χ1v) is 7.36. The van der Waals surface area contributed by atoms with Gasteiger partial charge in [0, 0.05) is 13.7 Å². The third kappa shape index (κ3) is 3.81. The Labute approximate surface area is 125 Å². The molecule has 1 aliphatic heterocycles. The molecule has 0 spiro atoms. The highest BCUT2D eigenvalue weighted by atomic mass is 16.5. The van der Waals surface area contributed by atoms with Crippen LogP contribution in [0, 0.1) is 6.92 Å². The number of carbonyl (C=O) groups excluding carboxylic acids is 1. The summed E-state index contributed by atoms with van der Waals surface area (Å²) in [6, 6.07) is 7.65. The van der Waals surface area contributed by atoms with Crippen LogP contribution in [0.5, 0.6) is 0 Å². The van der Waals surface area contributed by atoms with Crippen LogP contribution in [0.4, 0.5) is 0 Å². The van der Waals surface area contributed by atoms with Gasteiger partial charge >= 0.3 is 0 Å². The second-order valence-corrected chi connectivity index (χ2v) is 5.58. The lowest BCUT2D eigenvalue weighted by molar-refractivity contribution is -0.147. The molecule has 0 radical (unpaired) electrons. The van der Waals surface area contributed by atoms with Crippen molar-refractivity contribution in [2.75, 3.05) is 26.7 Å². The van der Waals surface area contributed by atoms with Gasteiger partial charge in [0.15, 0.2) is 0 Å². The lowest BCUT2D eigenvalue weighted by Crippen LogP contribution is -2.54. The lowest BCUT2D eigenvalue weighted by atomic mass is 9.91. The fourth-order valence-corrected chi connectivity index (χ4v) is 2.61. The number of rotatable bonds is 5. The molecule has 1 saturated heterocycles. The van der Waals surface area contributed by atoms with E-state index in [-0.39, 0.29) is 12.5 Å². The minimum Gasteiger partial charge on any atom is -0.387 e. The molecule has 5 heteroatoms. The molecule has 116 valence electrons. The number of aliphatic hydroxyl groups excluding tert-OH is 1. The highest BCUT2D eigenvalue weighted by molar-refractivity contribution is 5.85. The molecule has 3 N–H and O–H groups in total. The van der Waals surface area contributed by atoms with Crippen LogP contribution in [0.2, 0.25) is 0 Å². The molecule has 1 aromatic carbocycles. The summed E-state index contributed by atoms with van der Waals surface area (Å²) in [4.78, 5) is 12.4. The number of benzene rings is 1. The van der Waals surface area contributed by atoms with E-state index in [1.165, 1.54) is 0 Å². The van der Waals surface area contributed by atoms with E-state index in [4.69, 9.17) is 4.74 Å². The van der Waals surface area contributed by atoms with Crippen LogP contribution in [-0.4, -0.2) is 43.4 Å². The Morgan fingerprint density at radius 2 is 2.00 bits per heavy atom. The van der Waals surface area contributed by atoms with Crippen molar-refractivity contribution in [3.8, 4) is 0 Å². The molecule has 5 nitrogen and oxygen atoms in total. The smallest absolute Gasteiger partial charge is 0.252 e. The van der Waals surface area contributed by atoms with E-state index >= 15 is 0 Å². The average molecular weight is 292 g/mol. The third-order valence-electron chi connectivity index (χ3n) is 4.13.